The summed E-state index contributed by atoms with van der Waals surface area (Å²) in [4.78, 5) is 47.5. The molecule has 13 heteroatoms. The van der Waals surface area contributed by atoms with Crippen LogP contribution in [0.2, 0.25) is 0 Å². The maximum Gasteiger partial charge on any atom is 0.360 e. The van der Waals surface area contributed by atoms with E-state index < -0.39 is 40.8 Å². The molecule has 0 bridgehead atoms. The minimum atomic E-state index is -2.37. The molecule has 0 saturated heterocycles. The van der Waals surface area contributed by atoms with E-state index in [1.54, 1.807) is 28.0 Å². The molecule has 218 valence electrons. The zero-order chi connectivity index (χ0) is 30.3. The summed E-state index contributed by atoms with van der Waals surface area (Å²) in [7, 11) is 0. The van der Waals surface area contributed by atoms with Crippen LogP contribution in [-0.4, -0.2) is 40.8 Å². The summed E-state index contributed by atoms with van der Waals surface area (Å²) in [6.07, 6.45) is 1.09. The first-order chi connectivity index (χ1) is 20.5. The Bertz CT molecular complexity index is 2040. The van der Waals surface area contributed by atoms with Gasteiger partial charge in [0.25, 0.3) is 5.91 Å². The van der Waals surface area contributed by atoms with E-state index in [0.717, 1.165) is 22.2 Å². The van der Waals surface area contributed by atoms with Crippen molar-refractivity contribution in [1.29, 1.82) is 0 Å². The van der Waals surface area contributed by atoms with Crippen LogP contribution >= 0.6 is 0 Å². The number of hydrogen-bond acceptors (Lipinski definition) is 4. The Labute approximate surface area is 238 Å². The van der Waals surface area contributed by atoms with Crippen LogP contribution in [0.3, 0.4) is 0 Å². The molecule has 0 unspecified atom stereocenters. The van der Waals surface area contributed by atoms with Gasteiger partial charge < -0.3 is 24.5 Å². The van der Waals surface area contributed by atoms with E-state index in [1.807, 2.05) is 12.1 Å². The average molecular weight is 594 g/mol. The molecule has 2 aliphatic heterocycles. The van der Waals surface area contributed by atoms with Crippen molar-refractivity contribution in [3.05, 3.63) is 88.0 Å². The van der Waals surface area contributed by atoms with Gasteiger partial charge in [-0.05, 0) is 60.4 Å². The molecule has 0 spiro atoms. The number of rotatable bonds is 3. The van der Waals surface area contributed by atoms with Gasteiger partial charge in [0.1, 0.15) is 11.4 Å². The van der Waals surface area contributed by atoms with Gasteiger partial charge in [-0.15, -0.1) is 0 Å². The summed E-state index contributed by atoms with van der Waals surface area (Å²) in [6, 6.07) is 10.1. The lowest BCUT2D eigenvalue weighted by Gasteiger charge is -2.16. The maximum atomic E-state index is 14.0. The number of amides is 2. The highest BCUT2D eigenvalue weighted by atomic mass is 19.2. The van der Waals surface area contributed by atoms with Crippen LogP contribution in [-0.2, 0) is 17.6 Å². The molecule has 2 aliphatic rings. The van der Waals surface area contributed by atoms with Crippen LogP contribution in [0.4, 0.5) is 33.3 Å². The molecule has 2 aromatic heterocycles. The molecule has 0 fully saturated rings. The number of nitrogens with one attached hydrogen (secondary N) is 2. The van der Waals surface area contributed by atoms with Gasteiger partial charge in [0.15, 0.2) is 0 Å². The van der Waals surface area contributed by atoms with Crippen molar-refractivity contribution in [1.82, 2.24) is 9.97 Å². The Morgan fingerprint density at radius 1 is 0.698 bits per heavy atom. The Kier molecular flexibility index (Phi) is 5.84. The van der Waals surface area contributed by atoms with Gasteiger partial charge >= 0.3 is 5.97 Å². The summed E-state index contributed by atoms with van der Waals surface area (Å²) >= 11 is 0. The van der Waals surface area contributed by atoms with Crippen molar-refractivity contribution in [2.75, 3.05) is 22.9 Å². The number of aromatic nitrogens is 2. The second-order valence-corrected chi connectivity index (χ2v) is 10.3. The van der Waals surface area contributed by atoms with Gasteiger partial charge in [-0.3, -0.25) is 9.59 Å². The van der Waals surface area contributed by atoms with Crippen LogP contribution in [0.5, 0.6) is 5.75 Å². The van der Waals surface area contributed by atoms with Crippen molar-refractivity contribution in [3.8, 4) is 5.75 Å². The number of benzene rings is 3. The van der Waals surface area contributed by atoms with Gasteiger partial charge in [0, 0.05) is 53.2 Å². The standard InChI is InChI=1S/C30H19F5N4O4/c1-12(40)38-8-6-13-15-10-19(36-17(15)2-4-21(13)38)29(41)39-9-7-14-16-11-20(37-18(16)3-5-22(14)39)30(42)43-28-26(34)24(32)23(31)25(33)27(28)35/h2-5,10-11,36-37H,6-9H2,1H3. The fourth-order valence-corrected chi connectivity index (χ4v) is 5.96. The van der Waals surface area contributed by atoms with Crippen molar-refractivity contribution >= 4 is 51.0 Å². The number of hydrogen-bond donors (Lipinski definition) is 2. The quantitative estimate of drug-likeness (QED) is 0.0924. The minimum Gasteiger partial charge on any atom is -0.415 e. The molecule has 0 aliphatic carbocycles. The van der Waals surface area contributed by atoms with E-state index in [-0.39, 0.29) is 17.5 Å². The molecular weight excluding hydrogens is 575 g/mol. The van der Waals surface area contributed by atoms with Crippen LogP contribution in [0.1, 0.15) is 39.0 Å². The van der Waals surface area contributed by atoms with Crippen LogP contribution in [0.15, 0.2) is 36.4 Å². The molecule has 3 aromatic carbocycles. The highest BCUT2D eigenvalue weighted by Crippen LogP contribution is 2.38. The Hall–Kier alpha value is -5.20. The Morgan fingerprint density at radius 3 is 1.77 bits per heavy atom. The number of fused-ring (bicyclic) bond motifs is 6. The van der Waals surface area contributed by atoms with E-state index in [1.165, 1.54) is 13.0 Å². The fraction of sp³-hybridized carbons (Fsp3) is 0.167. The smallest absolute Gasteiger partial charge is 0.360 e. The normalized spacial score (nSPS) is 14.1. The van der Waals surface area contributed by atoms with Crippen LogP contribution in [0, 0.1) is 29.1 Å². The maximum absolute atomic E-state index is 14.0. The van der Waals surface area contributed by atoms with E-state index in [4.69, 9.17) is 0 Å². The number of esters is 1. The van der Waals surface area contributed by atoms with Crippen molar-refractivity contribution in [3.63, 3.8) is 0 Å². The van der Waals surface area contributed by atoms with E-state index in [2.05, 4.69) is 14.7 Å². The SMILES string of the molecule is CC(=O)N1CCc2c1ccc1[nH]c(C(=O)N3CCc4c3ccc3[nH]c(C(=O)Oc5c(F)c(F)c(F)c(F)c5F)cc43)cc21. The molecule has 8 nitrogen and oxygen atoms in total. The predicted molar refractivity (Wildman–Crippen MR) is 145 cm³/mol. The summed E-state index contributed by atoms with van der Waals surface area (Å²) < 4.78 is 73.1. The topological polar surface area (TPSA) is 98.5 Å². The molecule has 0 radical (unpaired) electrons. The third-order valence-electron chi connectivity index (χ3n) is 7.97. The van der Waals surface area contributed by atoms with Gasteiger partial charge in [0.2, 0.25) is 40.7 Å². The number of carbonyl (C=O) groups excluding carboxylic acids is 3. The lowest BCUT2D eigenvalue weighted by molar-refractivity contribution is -0.116. The number of carbonyl (C=O) groups is 3. The lowest BCUT2D eigenvalue weighted by atomic mass is 10.1. The minimum absolute atomic E-state index is 0.0521. The predicted octanol–water partition coefficient (Wildman–Crippen LogP) is 5.68. The second kappa shape index (κ2) is 9.41. The third kappa shape index (κ3) is 3.91. The number of H-pyrrole nitrogens is 2. The number of halogens is 5. The van der Waals surface area contributed by atoms with Gasteiger partial charge in [-0.2, -0.15) is 8.78 Å². The molecule has 0 saturated carbocycles. The molecule has 2 N–H and O–H groups in total. The summed E-state index contributed by atoms with van der Waals surface area (Å²) in [6.45, 7) is 2.41. The second-order valence-electron chi connectivity index (χ2n) is 10.3. The Balaban J connectivity index is 1.18. The van der Waals surface area contributed by atoms with Crippen molar-refractivity contribution in [2.45, 2.75) is 19.8 Å². The third-order valence-corrected chi connectivity index (χ3v) is 7.97. The average Bonchev–Trinajstić information content (AvgIpc) is 3.78. The fourth-order valence-electron chi connectivity index (χ4n) is 5.96. The number of ether oxygens (including phenoxy) is 1. The van der Waals surface area contributed by atoms with E-state index >= 15 is 0 Å². The number of aromatic amines is 2. The summed E-state index contributed by atoms with van der Waals surface area (Å²) in [5.74, 6) is -14.8. The van der Waals surface area contributed by atoms with E-state index in [9.17, 15) is 36.3 Å². The first-order valence-corrected chi connectivity index (χ1v) is 13.2. The highest BCUT2D eigenvalue weighted by molar-refractivity contribution is 6.11. The molecular formula is C30H19F5N4O4. The monoisotopic (exact) mass is 594 g/mol. The zero-order valence-corrected chi connectivity index (χ0v) is 22.2. The largest absolute Gasteiger partial charge is 0.415 e. The van der Waals surface area contributed by atoms with Gasteiger partial charge in [-0.25, -0.2) is 18.0 Å². The molecule has 0 atom stereocenters. The number of nitrogens with zero attached hydrogens (tertiary/aromatic N) is 2. The molecule has 2 amide bonds. The van der Waals surface area contributed by atoms with Crippen molar-refractivity contribution < 1.29 is 41.1 Å². The van der Waals surface area contributed by atoms with Crippen molar-refractivity contribution in [2.24, 2.45) is 0 Å². The molecule has 4 heterocycles. The van der Waals surface area contributed by atoms with Crippen LogP contribution in [0.25, 0.3) is 21.8 Å². The summed E-state index contributed by atoms with van der Waals surface area (Å²) in [5, 5.41) is 1.39. The van der Waals surface area contributed by atoms with Gasteiger partial charge in [-0.1, -0.05) is 0 Å². The van der Waals surface area contributed by atoms with E-state index in [0.29, 0.717) is 53.8 Å². The Morgan fingerprint density at radius 2 is 1.19 bits per heavy atom. The molecule has 43 heavy (non-hydrogen) atoms. The first-order valence-electron chi connectivity index (χ1n) is 13.2. The molecule has 5 aromatic rings. The summed E-state index contributed by atoms with van der Waals surface area (Å²) in [5.41, 5.74) is 4.39. The first kappa shape index (κ1) is 26.7. The number of anilines is 2. The lowest BCUT2D eigenvalue weighted by Crippen LogP contribution is -2.29. The van der Waals surface area contributed by atoms with Crippen LogP contribution < -0.4 is 14.5 Å². The highest BCUT2D eigenvalue weighted by Gasteiger charge is 2.32. The molecule has 7 rings (SSSR count). The zero-order valence-electron chi connectivity index (χ0n) is 22.2. The van der Waals surface area contributed by atoms with Gasteiger partial charge in [0.05, 0.1) is 0 Å².